The van der Waals surface area contributed by atoms with E-state index in [4.69, 9.17) is 17.3 Å². The Morgan fingerprint density at radius 2 is 2.08 bits per heavy atom. The molecule has 0 spiro atoms. The molecule has 0 atom stereocenters. The van der Waals surface area contributed by atoms with E-state index in [2.05, 4.69) is 4.98 Å². The third-order valence-electron chi connectivity index (χ3n) is 3.79. The van der Waals surface area contributed by atoms with E-state index in [0.29, 0.717) is 17.4 Å². The smallest absolute Gasteiger partial charge is 0.246 e. The molecule has 0 saturated heterocycles. The zero-order valence-electron chi connectivity index (χ0n) is 13.8. The van der Waals surface area contributed by atoms with Crippen molar-refractivity contribution in [1.82, 2.24) is 14.3 Å². The van der Waals surface area contributed by atoms with Crippen LogP contribution in [0, 0.1) is 0 Å². The molecular weight excluding hydrogens is 372 g/mol. The number of rotatable bonds is 7. The summed E-state index contributed by atoms with van der Waals surface area (Å²) < 4.78 is 1.82. The number of hydrogen-bond acceptors (Lipinski definition) is 4. The Morgan fingerprint density at radius 1 is 1.31 bits per heavy atom. The fraction of sp³-hybridized carbons (Fsp3) is 0.167. The van der Waals surface area contributed by atoms with Gasteiger partial charge in [0.05, 0.1) is 5.69 Å². The number of carbonyl (C=O) groups excluding carboxylic acids is 2. The molecule has 0 fully saturated rings. The van der Waals surface area contributed by atoms with Crippen LogP contribution < -0.4 is 5.73 Å². The van der Waals surface area contributed by atoms with Crippen molar-refractivity contribution in [3.05, 3.63) is 64.4 Å². The van der Waals surface area contributed by atoms with E-state index in [-0.39, 0.29) is 18.9 Å². The molecule has 0 unspecified atom stereocenters. The van der Waals surface area contributed by atoms with Crippen molar-refractivity contribution in [2.45, 2.75) is 13.0 Å². The van der Waals surface area contributed by atoms with Crippen LogP contribution in [-0.2, 0) is 16.1 Å². The van der Waals surface area contributed by atoms with Crippen LogP contribution in [0.25, 0.3) is 11.0 Å². The summed E-state index contributed by atoms with van der Waals surface area (Å²) in [6.07, 6.45) is 5.03. The van der Waals surface area contributed by atoms with Crippen LogP contribution in [0.2, 0.25) is 5.15 Å². The molecule has 1 aromatic carbocycles. The number of aromatic nitrogens is 2. The summed E-state index contributed by atoms with van der Waals surface area (Å²) >= 11 is 7.60. The van der Waals surface area contributed by atoms with Gasteiger partial charge in [0.25, 0.3) is 0 Å². The van der Waals surface area contributed by atoms with Crippen molar-refractivity contribution < 1.29 is 9.59 Å². The minimum atomic E-state index is -0.446. The number of benzene rings is 1. The van der Waals surface area contributed by atoms with Crippen LogP contribution in [0.4, 0.5) is 0 Å². The largest absolute Gasteiger partial charge is 0.370 e. The highest BCUT2D eigenvalue weighted by molar-refractivity contribution is 7.15. The Kier molecular flexibility index (Phi) is 5.70. The number of fused-ring (bicyclic) bond motifs is 1. The Bertz CT molecular complexity index is 949. The second-order valence-corrected chi connectivity index (χ2v) is 6.87. The van der Waals surface area contributed by atoms with Gasteiger partial charge in [-0.2, -0.15) is 0 Å². The highest BCUT2D eigenvalue weighted by atomic mass is 35.5. The molecule has 6 nitrogen and oxygen atoms in total. The Morgan fingerprint density at radius 3 is 2.81 bits per heavy atom. The molecule has 8 heteroatoms. The molecule has 0 aliphatic rings. The summed E-state index contributed by atoms with van der Waals surface area (Å²) in [5.41, 5.74) is 6.85. The van der Waals surface area contributed by atoms with Crippen molar-refractivity contribution in [2.75, 3.05) is 6.54 Å². The minimum absolute atomic E-state index is 0.106. The SMILES string of the molecule is NC(=O)CCN(Cc1ccccc1)C(=O)/C=C/c1c(Cl)nc2sccn12. The Labute approximate surface area is 159 Å². The summed E-state index contributed by atoms with van der Waals surface area (Å²) in [6, 6.07) is 9.57. The van der Waals surface area contributed by atoms with Crippen molar-refractivity contribution in [1.29, 1.82) is 0 Å². The van der Waals surface area contributed by atoms with Crippen LogP contribution in [-0.4, -0.2) is 32.6 Å². The maximum atomic E-state index is 12.7. The van der Waals surface area contributed by atoms with Gasteiger partial charge in [-0.05, 0) is 11.6 Å². The van der Waals surface area contributed by atoms with E-state index in [1.54, 1.807) is 11.0 Å². The molecule has 3 aromatic rings. The summed E-state index contributed by atoms with van der Waals surface area (Å²) in [7, 11) is 0. The van der Waals surface area contributed by atoms with Gasteiger partial charge in [-0.15, -0.1) is 11.3 Å². The van der Waals surface area contributed by atoms with Crippen molar-refractivity contribution in [2.24, 2.45) is 5.73 Å². The first-order valence-electron chi connectivity index (χ1n) is 7.95. The Balaban J connectivity index is 1.78. The lowest BCUT2D eigenvalue weighted by Crippen LogP contribution is -2.32. The molecule has 134 valence electrons. The predicted octanol–water partition coefficient (Wildman–Crippen LogP) is 2.97. The number of thiazole rings is 1. The van der Waals surface area contributed by atoms with E-state index in [1.807, 2.05) is 46.3 Å². The number of hydrogen-bond donors (Lipinski definition) is 1. The first-order valence-corrected chi connectivity index (χ1v) is 9.20. The lowest BCUT2D eigenvalue weighted by atomic mass is 10.2. The lowest BCUT2D eigenvalue weighted by molar-refractivity contribution is -0.127. The van der Waals surface area contributed by atoms with Crippen molar-refractivity contribution >= 4 is 45.8 Å². The van der Waals surface area contributed by atoms with Gasteiger partial charge in [-0.3, -0.25) is 14.0 Å². The number of imidazole rings is 1. The van der Waals surface area contributed by atoms with Gasteiger partial charge in [0.2, 0.25) is 11.8 Å². The van der Waals surface area contributed by atoms with E-state index in [9.17, 15) is 9.59 Å². The van der Waals surface area contributed by atoms with Gasteiger partial charge < -0.3 is 10.6 Å². The van der Waals surface area contributed by atoms with Crippen LogP contribution in [0.5, 0.6) is 0 Å². The average molecular weight is 389 g/mol. The maximum absolute atomic E-state index is 12.7. The number of halogens is 1. The summed E-state index contributed by atoms with van der Waals surface area (Å²) in [6.45, 7) is 0.646. The normalized spacial score (nSPS) is 11.3. The molecule has 2 N–H and O–H groups in total. The van der Waals surface area contributed by atoms with E-state index < -0.39 is 5.91 Å². The van der Waals surface area contributed by atoms with Gasteiger partial charge in [-0.25, -0.2) is 4.98 Å². The fourth-order valence-electron chi connectivity index (χ4n) is 2.50. The molecule has 3 rings (SSSR count). The molecule has 2 heterocycles. The number of nitrogens with two attached hydrogens (primary N) is 1. The molecule has 0 bridgehead atoms. The quantitative estimate of drug-likeness (QED) is 0.632. The first kappa shape index (κ1) is 18.2. The van der Waals surface area contributed by atoms with Gasteiger partial charge in [-0.1, -0.05) is 41.9 Å². The molecule has 2 aromatic heterocycles. The van der Waals surface area contributed by atoms with Crippen LogP contribution in [0.1, 0.15) is 17.7 Å². The summed E-state index contributed by atoms with van der Waals surface area (Å²) in [5.74, 6) is -0.671. The molecule has 0 aliphatic carbocycles. The number of carbonyl (C=O) groups is 2. The highest BCUT2D eigenvalue weighted by Crippen LogP contribution is 2.22. The average Bonchev–Trinajstić information content (AvgIpc) is 3.18. The predicted molar refractivity (Wildman–Crippen MR) is 103 cm³/mol. The fourth-order valence-corrected chi connectivity index (χ4v) is 3.50. The molecular formula is C18H17ClN4O2S. The van der Waals surface area contributed by atoms with Crippen LogP contribution in [0.3, 0.4) is 0 Å². The summed E-state index contributed by atoms with van der Waals surface area (Å²) in [4.78, 5) is 30.4. The van der Waals surface area contributed by atoms with Gasteiger partial charge in [0, 0.05) is 37.2 Å². The van der Waals surface area contributed by atoms with Crippen molar-refractivity contribution in [3.8, 4) is 0 Å². The molecule has 26 heavy (non-hydrogen) atoms. The number of nitrogens with zero attached hydrogens (tertiary/aromatic N) is 3. The second-order valence-electron chi connectivity index (χ2n) is 5.64. The molecule has 0 saturated carbocycles. The Hall–Kier alpha value is -2.64. The van der Waals surface area contributed by atoms with Gasteiger partial charge in [0.1, 0.15) is 0 Å². The van der Waals surface area contributed by atoms with Crippen LogP contribution >= 0.6 is 22.9 Å². The van der Waals surface area contributed by atoms with Crippen LogP contribution in [0.15, 0.2) is 48.0 Å². The minimum Gasteiger partial charge on any atom is -0.370 e. The lowest BCUT2D eigenvalue weighted by Gasteiger charge is -2.20. The topological polar surface area (TPSA) is 80.7 Å². The van der Waals surface area contributed by atoms with E-state index in [1.165, 1.54) is 17.4 Å². The van der Waals surface area contributed by atoms with Gasteiger partial charge >= 0.3 is 0 Å². The molecule has 0 aliphatic heterocycles. The summed E-state index contributed by atoms with van der Waals surface area (Å²) in [5, 5.41) is 2.24. The second kappa shape index (κ2) is 8.16. The van der Waals surface area contributed by atoms with Crippen molar-refractivity contribution in [3.63, 3.8) is 0 Å². The standard InChI is InChI=1S/C18H17ClN4O2S/c19-17-14(23-10-11-26-18(23)21-17)6-7-16(25)22(9-8-15(20)24)12-13-4-2-1-3-5-13/h1-7,10-11H,8-9,12H2,(H2,20,24)/b7-6+. The first-order chi connectivity index (χ1) is 12.5. The highest BCUT2D eigenvalue weighted by Gasteiger charge is 2.14. The monoisotopic (exact) mass is 388 g/mol. The molecule has 0 radical (unpaired) electrons. The number of amides is 2. The van der Waals surface area contributed by atoms with E-state index in [0.717, 1.165) is 10.5 Å². The zero-order chi connectivity index (χ0) is 18.5. The third kappa shape index (κ3) is 4.30. The zero-order valence-corrected chi connectivity index (χ0v) is 15.4. The van der Waals surface area contributed by atoms with E-state index >= 15 is 0 Å². The third-order valence-corrected chi connectivity index (χ3v) is 4.83. The molecule has 2 amide bonds. The maximum Gasteiger partial charge on any atom is 0.246 e. The number of primary amides is 1. The van der Waals surface area contributed by atoms with Gasteiger partial charge in [0.15, 0.2) is 10.1 Å².